The Balaban J connectivity index is 3.53. The van der Waals surface area contributed by atoms with Gasteiger partial charge in [0.1, 0.15) is 6.61 Å². The van der Waals surface area contributed by atoms with Crippen molar-refractivity contribution in [3.05, 3.63) is 0 Å². The highest BCUT2D eigenvalue weighted by Gasteiger charge is 2.14. The van der Waals surface area contributed by atoms with Crippen LogP contribution in [-0.2, 0) is 13.9 Å². The van der Waals surface area contributed by atoms with Crippen molar-refractivity contribution in [3.63, 3.8) is 0 Å². The van der Waals surface area contributed by atoms with E-state index in [9.17, 15) is 9.36 Å². The van der Waals surface area contributed by atoms with Crippen LogP contribution in [0.25, 0.3) is 0 Å². The van der Waals surface area contributed by atoms with Gasteiger partial charge < -0.3 is 15.5 Å². The third-order valence-electron chi connectivity index (χ3n) is 0.375. The lowest BCUT2D eigenvalue weighted by Crippen LogP contribution is -2.17. The summed E-state index contributed by atoms with van der Waals surface area (Å²) < 4.78 is 13.5. The topological polar surface area (TPSA) is 110 Å². The molecule has 0 saturated heterocycles. The van der Waals surface area contributed by atoms with Crippen molar-refractivity contribution in [1.29, 1.82) is 0 Å². The van der Waals surface area contributed by atoms with E-state index >= 15 is 0 Å². The lowest BCUT2D eigenvalue weighted by molar-refractivity contribution is -0.120. The van der Waals surface area contributed by atoms with Gasteiger partial charge in [0.15, 0.2) is 0 Å². The molecule has 0 aromatic heterocycles. The summed E-state index contributed by atoms with van der Waals surface area (Å²) in [5.74, 6) is -0.918. The van der Waals surface area contributed by atoms with Gasteiger partial charge in [0, 0.05) is 0 Å². The molecule has 0 aliphatic heterocycles. The lowest BCUT2D eigenvalue weighted by atomic mass is 10.7. The van der Waals surface area contributed by atoms with Gasteiger partial charge in [-0.25, -0.2) is 4.57 Å². The monoisotopic (exact) mass is 155 g/mol. The van der Waals surface area contributed by atoms with Crippen molar-refractivity contribution >= 4 is 13.7 Å². The molecule has 0 radical (unpaired) electrons. The van der Waals surface area contributed by atoms with Crippen LogP contribution in [0.3, 0.4) is 0 Å². The zero-order valence-electron chi connectivity index (χ0n) is 4.35. The number of phosphoric ester groups is 1. The van der Waals surface area contributed by atoms with Crippen LogP contribution in [0.2, 0.25) is 0 Å². The molecular formula is C2H6NO5P. The summed E-state index contributed by atoms with van der Waals surface area (Å²) in [4.78, 5) is 25.7. The van der Waals surface area contributed by atoms with Gasteiger partial charge in [0.2, 0.25) is 5.91 Å². The first-order chi connectivity index (χ1) is 3.92. The molecule has 1 amide bonds. The van der Waals surface area contributed by atoms with Gasteiger partial charge in [-0.1, -0.05) is 0 Å². The third kappa shape index (κ3) is 7.58. The molecule has 0 aromatic rings. The Kier molecular flexibility index (Phi) is 2.80. The Bertz CT molecular complexity index is 149. The normalized spacial score (nSPS) is 11.3. The largest absolute Gasteiger partial charge is 0.470 e. The van der Waals surface area contributed by atoms with E-state index in [1.165, 1.54) is 0 Å². The second kappa shape index (κ2) is 2.93. The van der Waals surface area contributed by atoms with Crippen LogP contribution in [0.5, 0.6) is 0 Å². The molecule has 0 bridgehead atoms. The maximum absolute atomic E-state index is 9.80. The summed E-state index contributed by atoms with van der Waals surface area (Å²) in [5, 5.41) is 0. The molecule has 0 fully saturated rings. The quantitative estimate of drug-likeness (QED) is 0.433. The van der Waals surface area contributed by atoms with E-state index in [2.05, 4.69) is 10.3 Å². The summed E-state index contributed by atoms with van der Waals surface area (Å²) in [6.45, 7) is -0.760. The molecule has 0 aliphatic carbocycles. The van der Waals surface area contributed by atoms with Crippen molar-refractivity contribution in [2.24, 2.45) is 5.73 Å². The van der Waals surface area contributed by atoms with Gasteiger partial charge in [0.25, 0.3) is 0 Å². The molecule has 4 N–H and O–H groups in total. The van der Waals surface area contributed by atoms with E-state index in [0.29, 0.717) is 0 Å². The lowest BCUT2D eigenvalue weighted by Gasteiger charge is -2.00. The molecule has 54 valence electrons. The summed E-state index contributed by atoms with van der Waals surface area (Å²) in [7, 11) is -4.52. The number of rotatable bonds is 3. The number of primary amides is 1. The second-order valence-electron chi connectivity index (χ2n) is 1.23. The third-order valence-corrected chi connectivity index (χ3v) is 0.840. The molecule has 0 rings (SSSR count). The highest BCUT2D eigenvalue weighted by molar-refractivity contribution is 7.46. The summed E-state index contributed by atoms with van der Waals surface area (Å²) in [5.41, 5.74) is 4.49. The summed E-state index contributed by atoms with van der Waals surface area (Å²) in [6.07, 6.45) is 0. The van der Waals surface area contributed by atoms with Crippen LogP contribution in [0.15, 0.2) is 0 Å². The van der Waals surface area contributed by atoms with E-state index in [4.69, 9.17) is 9.79 Å². The van der Waals surface area contributed by atoms with E-state index in [1.807, 2.05) is 0 Å². The van der Waals surface area contributed by atoms with Crippen LogP contribution >= 0.6 is 7.82 Å². The predicted octanol–water partition coefficient (Wildman–Crippen LogP) is -1.42. The van der Waals surface area contributed by atoms with Crippen molar-refractivity contribution < 1.29 is 23.7 Å². The van der Waals surface area contributed by atoms with Crippen LogP contribution < -0.4 is 5.73 Å². The Labute approximate surface area is 50.9 Å². The molecular weight excluding hydrogens is 149 g/mol. The molecule has 0 saturated carbocycles. The molecule has 0 spiro atoms. The molecule has 7 heteroatoms. The number of hydrogen-bond donors (Lipinski definition) is 3. The number of nitrogens with two attached hydrogens (primary N) is 1. The van der Waals surface area contributed by atoms with Crippen LogP contribution in [-0.4, -0.2) is 22.3 Å². The van der Waals surface area contributed by atoms with E-state index < -0.39 is 20.3 Å². The van der Waals surface area contributed by atoms with Gasteiger partial charge in [-0.3, -0.25) is 9.32 Å². The molecule has 6 nitrogen and oxygen atoms in total. The van der Waals surface area contributed by atoms with Gasteiger partial charge in [-0.05, 0) is 0 Å². The molecule has 0 heterocycles. The molecule has 0 unspecified atom stereocenters. The van der Waals surface area contributed by atoms with Crippen LogP contribution in [0, 0.1) is 0 Å². The minimum atomic E-state index is -4.52. The molecule has 0 aromatic carbocycles. The fraction of sp³-hybridized carbons (Fsp3) is 0.500. The Hall–Kier alpha value is -0.420. The van der Waals surface area contributed by atoms with Gasteiger partial charge in [-0.2, -0.15) is 0 Å². The predicted molar refractivity (Wildman–Crippen MR) is 27.2 cm³/mol. The van der Waals surface area contributed by atoms with Crippen LogP contribution in [0.4, 0.5) is 0 Å². The first-order valence-corrected chi connectivity index (χ1v) is 3.43. The fourth-order valence-electron chi connectivity index (χ4n) is 0.148. The standard InChI is InChI=1S/C2H6NO5P/c3-2(4)1-8-9(5,6)7/h1H2,(H2,3,4)(H2,5,6,7). The van der Waals surface area contributed by atoms with Crippen molar-refractivity contribution in [1.82, 2.24) is 0 Å². The average molecular weight is 155 g/mol. The fourth-order valence-corrected chi connectivity index (χ4v) is 0.443. The Morgan fingerprint density at radius 2 is 2.11 bits per heavy atom. The minimum absolute atomic E-state index is 0.760. The number of hydrogen-bond acceptors (Lipinski definition) is 3. The summed E-state index contributed by atoms with van der Waals surface area (Å²) in [6, 6.07) is 0. The van der Waals surface area contributed by atoms with Gasteiger partial charge in [-0.15, -0.1) is 0 Å². The van der Waals surface area contributed by atoms with E-state index in [0.717, 1.165) is 0 Å². The number of amides is 1. The number of phosphoric acid groups is 1. The second-order valence-corrected chi connectivity index (χ2v) is 2.47. The smallest absolute Gasteiger partial charge is 0.368 e. The summed E-state index contributed by atoms with van der Waals surface area (Å²) >= 11 is 0. The van der Waals surface area contributed by atoms with Crippen molar-refractivity contribution in [2.45, 2.75) is 0 Å². The maximum atomic E-state index is 9.80. The number of carbonyl (C=O) groups is 1. The number of carbonyl (C=O) groups excluding carboxylic acids is 1. The van der Waals surface area contributed by atoms with Gasteiger partial charge >= 0.3 is 7.82 Å². The maximum Gasteiger partial charge on any atom is 0.470 e. The SMILES string of the molecule is NC(=O)COP(=O)(O)O. The zero-order valence-corrected chi connectivity index (χ0v) is 5.25. The zero-order chi connectivity index (χ0) is 7.49. The Morgan fingerprint density at radius 1 is 1.67 bits per heavy atom. The first kappa shape index (κ1) is 8.58. The van der Waals surface area contributed by atoms with Crippen LogP contribution in [0.1, 0.15) is 0 Å². The van der Waals surface area contributed by atoms with E-state index in [-0.39, 0.29) is 0 Å². The Morgan fingerprint density at radius 3 is 2.22 bits per heavy atom. The van der Waals surface area contributed by atoms with Crippen molar-refractivity contribution in [3.8, 4) is 0 Å². The molecule has 9 heavy (non-hydrogen) atoms. The molecule has 0 atom stereocenters. The highest BCUT2D eigenvalue weighted by atomic mass is 31.2. The highest BCUT2D eigenvalue weighted by Crippen LogP contribution is 2.34. The van der Waals surface area contributed by atoms with Crippen molar-refractivity contribution in [2.75, 3.05) is 6.61 Å². The minimum Gasteiger partial charge on any atom is -0.368 e. The first-order valence-electron chi connectivity index (χ1n) is 1.90. The molecule has 0 aliphatic rings. The van der Waals surface area contributed by atoms with E-state index in [1.54, 1.807) is 0 Å². The van der Waals surface area contributed by atoms with Gasteiger partial charge in [0.05, 0.1) is 0 Å². The average Bonchev–Trinajstić information content (AvgIpc) is 1.59.